The van der Waals surface area contributed by atoms with Crippen LogP contribution in [0.25, 0.3) is 10.9 Å². The topological polar surface area (TPSA) is 83.9 Å². The molecule has 1 heterocycles. The van der Waals surface area contributed by atoms with Gasteiger partial charge in [0.15, 0.2) is 0 Å². The average Bonchev–Trinajstić information content (AvgIpc) is 3.27. The molecule has 1 aliphatic carbocycles. The van der Waals surface area contributed by atoms with E-state index in [0.29, 0.717) is 23.1 Å². The van der Waals surface area contributed by atoms with Gasteiger partial charge in [-0.05, 0) is 63.7 Å². The van der Waals surface area contributed by atoms with Gasteiger partial charge in [0.2, 0.25) is 11.8 Å². The lowest BCUT2D eigenvalue weighted by Gasteiger charge is -2.36. The number of likely N-dealkylation sites (N-methyl/N-ethyl adjacent to an activating group) is 1. The number of aromatic nitrogens is 1. The SMILES string of the molecule is CN(C)CCOC(=O)CCCC(=O)n1cc(NC(=O)N(c2ccccc2)C2CCC(F)(F)CC2)c2cc(F)ccc21.Cl. The number of alkyl halides is 2. The Bertz CT molecular complexity index is 1370. The third-order valence-corrected chi connectivity index (χ3v) is 7.15. The Morgan fingerprint density at radius 3 is 2.40 bits per heavy atom. The largest absolute Gasteiger partial charge is 0.464 e. The number of halogens is 4. The number of carbonyl (C=O) groups excluding carboxylic acids is 3. The number of fused-ring (bicyclic) bond motifs is 1. The molecule has 0 spiro atoms. The predicted molar refractivity (Wildman–Crippen MR) is 158 cm³/mol. The van der Waals surface area contributed by atoms with Gasteiger partial charge in [0.25, 0.3) is 0 Å². The lowest BCUT2D eigenvalue weighted by atomic mass is 9.91. The number of benzene rings is 2. The maximum atomic E-state index is 14.3. The van der Waals surface area contributed by atoms with Crippen LogP contribution in [0, 0.1) is 5.82 Å². The number of para-hydroxylation sites is 1. The number of hydrogen-bond donors (Lipinski definition) is 1. The standard InChI is InChI=1S/C30H35F3N4O4.ClH/c1-35(2)17-18-41-28(39)10-6-9-27(38)36-20-25(24-19-21(31)11-12-26(24)36)34-29(40)37(22-7-4-3-5-8-22)23-13-15-30(32,33)16-14-23;/h3-5,7-8,11-12,19-20,23H,6,9-10,13-18H2,1-2H3,(H,34,40);1H. The number of rotatable bonds is 10. The molecule has 1 fully saturated rings. The van der Waals surface area contributed by atoms with Gasteiger partial charge in [-0.15, -0.1) is 12.4 Å². The molecule has 2 amide bonds. The molecule has 4 rings (SSSR count). The van der Waals surface area contributed by atoms with Gasteiger partial charge in [-0.25, -0.2) is 18.0 Å². The van der Waals surface area contributed by atoms with E-state index in [1.165, 1.54) is 33.9 Å². The molecule has 228 valence electrons. The number of nitrogens with zero attached hydrogens (tertiary/aromatic N) is 3. The first-order valence-electron chi connectivity index (χ1n) is 13.7. The average molecular weight is 609 g/mol. The van der Waals surface area contributed by atoms with E-state index in [-0.39, 0.29) is 75.6 Å². The Morgan fingerprint density at radius 1 is 1.05 bits per heavy atom. The molecule has 8 nitrogen and oxygen atoms in total. The zero-order valence-electron chi connectivity index (χ0n) is 23.7. The van der Waals surface area contributed by atoms with Gasteiger partial charge >= 0.3 is 12.0 Å². The van der Waals surface area contributed by atoms with Crippen molar-refractivity contribution in [1.29, 1.82) is 0 Å². The van der Waals surface area contributed by atoms with E-state index in [1.807, 2.05) is 19.0 Å². The van der Waals surface area contributed by atoms with Crippen molar-refractivity contribution in [1.82, 2.24) is 9.47 Å². The molecule has 2 aromatic carbocycles. The summed E-state index contributed by atoms with van der Waals surface area (Å²) in [5, 5.41) is 3.11. The first kappa shape index (κ1) is 32.9. The van der Waals surface area contributed by atoms with E-state index in [4.69, 9.17) is 4.74 Å². The molecule has 0 saturated heterocycles. The number of amides is 2. The summed E-state index contributed by atoms with van der Waals surface area (Å²) >= 11 is 0. The summed E-state index contributed by atoms with van der Waals surface area (Å²) < 4.78 is 48.5. The van der Waals surface area contributed by atoms with Crippen LogP contribution in [-0.2, 0) is 9.53 Å². The highest BCUT2D eigenvalue weighted by molar-refractivity contribution is 6.09. The van der Waals surface area contributed by atoms with E-state index < -0.39 is 29.8 Å². The first-order chi connectivity index (χ1) is 19.5. The van der Waals surface area contributed by atoms with Crippen molar-refractivity contribution in [2.45, 2.75) is 56.9 Å². The molecule has 1 saturated carbocycles. The van der Waals surface area contributed by atoms with E-state index in [0.717, 1.165) is 0 Å². The van der Waals surface area contributed by atoms with Gasteiger partial charge in [0.1, 0.15) is 12.4 Å². The van der Waals surface area contributed by atoms with Gasteiger partial charge in [0, 0.05) is 55.5 Å². The van der Waals surface area contributed by atoms with Crippen LogP contribution >= 0.6 is 12.4 Å². The minimum Gasteiger partial charge on any atom is -0.464 e. The Hall–Kier alpha value is -3.57. The van der Waals surface area contributed by atoms with Crippen LogP contribution in [-0.4, -0.2) is 66.6 Å². The van der Waals surface area contributed by atoms with E-state index in [1.54, 1.807) is 30.3 Å². The molecule has 0 bridgehead atoms. The van der Waals surface area contributed by atoms with Crippen LogP contribution in [0.2, 0.25) is 0 Å². The highest BCUT2D eigenvalue weighted by Gasteiger charge is 2.39. The minimum absolute atomic E-state index is 0. The molecule has 12 heteroatoms. The van der Waals surface area contributed by atoms with Gasteiger partial charge in [-0.3, -0.25) is 19.1 Å². The number of anilines is 2. The normalized spacial score (nSPS) is 14.8. The zero-order valence-corrected chi connectivity index (χ0v) is 24.5. The third kappa shape index (κ3) is 8.48. The molecule has 0 unspecified atom stereocenters. The van der Waals surface area contributed by atoms with E-state index >= 15 is 0 Å². The van der Waals surface area contributed by atoms with Gasteiger partial charge in [0.05, 0.1) is 11.2 Å². The van der Waals surface area contributed by atoms with Crippen molar-refractivity contribution in [3.63, 3.8) is 0 Å². The fourth-order valence-electron chi connectivity index (χ4n) is 4.97. The number of urea groups is 1. The van der Waals surface area contributed by atoms with Crippen molar-refractivity contribution in [2.75, 3.05) is 37.5 Å². The van der Waals surface area contributed by atoms with Gasteiger partial charge in [-0.2, -0.15) is 0 Å². The second-order valence-electron chi connectivity index (χ2n) is 10.6. The number of carbonyl (C=O) groups is 3. The van der Waals surface area contributed by atoms with Crippen molar-refractivity contribution in [3.8, 4) is 0 Å². The summed E-state index contributed by atoms with van der Waals surface area (Å²) in [6, 6.07) is 11.6. The molecule has 0 atom stereocenters. The molecule has 0 aliphatic heterocycles. The fourth-order valence-corrected chi connectivity index (χ4v) is 4.97. The number of esters is 1. The Kier molecular flexibility index (Phi) is 11.4. The lowest BCUT2D eigenvalue weighted by molar-refractivity contribution is -0.144. The van der Waals surface area contributed by atoms with Crippen LogP contribution in [0.1, 0.15) is 49.7 Å². The quantitative estimate of drug-likeness (QED) is 0.258. The van der Waals surface area contributed by atoms with Crippen molar-refractivity contribution >= 4 is 52.6 Å². The number of hydrogen-bond acceptors (Lipinski definition) is 5. The van der Waals surface area contributed by atoms with E-state index in [9.17, 15) is 27.6 Å². The number of nitrogens with one attached hydrogen (secondary N) is 1. The zero-order chi connectivity index (χ0) is 29.6. The van der Waals surface area contributed by atoms with Crippen molar-refractivity contribution < 1.29 is 32.3 Å². The maximum Gasteiger partial charge on any atom is 0.326 e. The molecule has 1 aromatic heterocycles. The summed E-state index contributed by atoms with van der Waals surface area (Å²) in [4.78, 5) is 42.1. The second-order valence-corrected chi connectivity index (χ2v) is 10.6. The van der Waals surface area contributed by atoms with Crippen molar-refractivity contribution in [3.05, 3.63) is 60.5 Å². The van der Waals surface area contributed by atoms with Gasteiger partial charge in [-0.1, -0.05) is 18.2 Å². The highest BCUT2D eigenvalue weighted by atomic mass is 35.5. The molecule has 1 aliphatic rings. The Morgan fingerprint density at radius 2 is 1.74 bits per heavy atom. The van der Waals surface area contributed by atoms with Crippen molar-refractivity contribution in [2.24, 2.45) is 0 Å². The van der Waals surface area contributed by atoms with Crippen LogP contribution in [0.3, 0.4) is 0 Å². The van der Waals surface area contributed by atoms with Gasteiger partial charge < -0.3 is 15.0 Å². The summed E-state index contributed by atoms with van der Waals surface area (Å²) in [6.45, 7) is 0.861. The third-order valence-electron chi connectivity index (χ3n) is 7.15. The molecular weight excluding hydrogens is 573 g/mol. The monoisotopic (exact) mass is 608 g/mol. The maximum absolute atomic E-state index is 14.3. The second kappa shape index (κ2) is 14.6. The summed E-state index contributed by atoms with van der Waals surface area (Å²) in [5.74, 6) is -4.04. The molecule has 1 N–H and O–H groups in total. The molecule has 3 aromatic rings. The summed E-state index contributed by atoms with van der Waals surface area (Å²) in [7, 11) is 3.74. The smallest absolute Gasteiger partial charge is 0.326 e. The molecule has 42 heavy (non-hydrogen) atoms. The summed E-state index contributed by atoms with van der Waals surface area (Å²) in [5.41, 5.74) is 1.15. The summed E-state index contributed by atoms with van der Waals surface area (Å²) in [6.07, 6.45) is 1.40. The number of ether oxygens (including phenoxy) is 1. The van der Waals surface area contributed by atoms with Crippen LogP contribution in [0.4, 0.5) is 29.3 Å². The van der Waals surface area contributed by atoms with Crippen LogP contribution < -0.4 is 10.2 Å². The first-order valence-corrected chi connectivity index (χ1v) is 13.7. The fraction of sp³-hybridized carbons (Fsp3) is 0.433. The molecule has 0 radical (unpaired) electrons. The molecular formula is C30H36ClF3N4O4. The van der Waals surface area contributed by atoms with Crippen LogP contribution in [0.5, 0.6) is 0 Å². The minimum atomic E-state index is -2.76. The Labute approximate surface area is 249 Å². The van der Waals surface area contributed by atoms with E-state index in [2.05, 4.69) is 5.32 Å². The van der Waals surface area contributed by atoms with Crippen LogP contribution in [0.15, 0.2) is 54.7 Å². The highest BCUT2D eigenvalue weighted by Crippen LogP contribution is 2.37. The Balaban J connectivity index is 0.00000484. The lowest BCUT2D eigenvalue weighted by Crippen LogP contribution is -2.46. The predicted octanol–water partition coefficient (Wildman–Crippen LogP) is 6.73.